The predicted octanol–water partition coefficient (Wildman–Crippen LogP) is 4.17. The van der Waals surface area contributed by atoms with Crippen molar-refractivity contribution in [3.05, 3.63) is 58.6 Å². The minimum atomic E-state index is -0.640. The summed E-state index contributed by atoms with van der Waals surface area (Å²) in [5.74, 6) is -0.453. The Morgan fingerprint density at radius 1 is 1.12 bits per heavy atom. The largest absolute Gasteiger partial charge is 0.326 e. The number of anilines is 2. The van der Waals surface area contributed by atoms with E-state index >= 15 is 0 Å². The number of hydrogen-bond donors (Lipinski definition) is 2. The van der Waals surface area contributed by atoms with E-state index in [1.165, 1.54) is 0 Å². The smallest absolute Gasteiger partial charge is 0.234 e. The molecule has 0 spiro atoms. The van der Waals surface area contributed by atoms with Gasteiger partial charge in [0, 0.05) is 34.8 Å². The van der Waals surface area contributed by atoms with Crippen LogP contribution < -0.4 is 10.6 Å². The fourth-order valence-corrected chi connectivity index (χ4v) is 3.10. The molecule has 2 N–H and O–H groups in total. The van der Waals surface area contributed by atoms with E-state index in [1.807, 2.05) is 13.8 Å². The average Bonchev–Trinajstić information content (AvgIpc) is 2.82. The molecule has 0 aromatic heterocycles. The summed E-state index contributed by atoms with van der Waals surface area (Å²) in [6.07, 6.45) is 0.172. The second-order valence-electron chi connectivity index (χ2n) is 6.82. The maximum absolute atomic E-state index is 12.2. The van der Waals surface area contributed by atoms with Gasteiger partial charge in [-0.25, -0.2) is 0 Å². The first-order chi connectivity index (χ1) is 12.3. The number of halogens is 1. The summed E-state index contributed by atoms with van der Waals surface area (Å²) in [5, 5.41) is 6.10. The number of hydrogen-bond acceptors (Lipinski definition) is 3. The van der Waals surface area contributed by atoms with E-state index in [2.05, 4.69) is 10.6 Å². The van der Waals surface area contributed by atoms with Crippen molar-refractivity contribution in [1.29, 1.82) is 0 Å². The summed E-state index contributed by atoms with van der Waals surface area (Å²) in [4.78, 5) is 36.3. The van der Waals surface area contributed by atoms with Gasteiger partial charge in [-0.1, -0.05) is 23.7 Å². The molecular weight excluding hydrogens is 352 g/mol. The maximum Gasteiger partial charge on any atom is 0.234 e. The van der Waals surface area contributed by atoms with Crippen LogP contribution in [0.1, 0.15) is 42.6 Å². The standard InChI is InChI=1S/C20H19ClN2O3/c1-20(2)15-11-14(6-7-16(15)23-19(20)26)22-18(25)9-8-17(24)12-4-3-5-13(21)10-12/h3-7,10-11H,8-9H2,1-2H3,(H,22,25)(H,23,26). The molecule has 0 aliphatic carbocycles. The van der Waals surface area contributed by atoms with E-state index in [4.69, 9.17) is 11.6 Å². The number of carbonyl (C=O) groups is 3. The molecule has 1 heterocycles. The molecule has 2 amide bonds. The lowest BCUT2D eigenvalue weighted by molar-refractivity contribution is -0.119. The second kappa shape index (κ2) is 6.92. The Kier molecular flexibility index (Phi) is 4.83. The van der Waals surface area contributed by atoms with Crippen molar-refractivity contribution >= 4 is 40.6 Å². The normalized spacial score (nSPS) is 14.5. The van der Waals surface area contributed by atoms with E-state index < -0.39 is 5.41 Å². The van der Waals surface area contributed by atoms with Gasteiger partial charge in [0.2, 0.25) is 11.8 Å². The fraction of sp³-hybridized carbons (Fsp3) is 0.250. The van der Waals surface area contributed by atoms with E-state index in [0.717, 1.165) is 11.3 Å². The molecule has 134 valence electrons. The van der Waals surface area contributed by atoms with Gasteiger partial charge >= 0.3 is 0 Å². The molecule has 0 atom stereocenters. The van der Waals surface area contributed by atoms with Crippen molar-refractivity contribution in [3.8, 4) is 0 Å². The van der Waals surface area contributed by atoms with Gasteiger partial charge in [0.05, 0.1) is 5.41 Å². The highest BCUT2D eigenvalue weighted by molar-refractivity contribution is 6.31. The predicted molar refractivity (Wildman–Crippen MR) is 102 cm³/mol. The van der Waals surface area contributed by atoms with Crippen molar-refractivity contribution in [2.45, 2.75) is 32.1 Å². The van der Waals surface area contributed by atoms with Crippen LogP contribution in [0.3, 0.4) is 0 Å². The molecule has 3 rings (SSSR count). The highest BCUT2D eigenvalue weighted by Crippen LogP contribution is 2.38. The van der Waals surface area contributed by atoms with Crippen LogP contribution in [0.2, 0.25) is 5.02 Å². The van der Waals surface area contributed by atoms with Gasteiger partial charge in [-0.3, -0.25) is 14.4 Å². The number of benzene rings is 2. The Labute approximate surface area is 156 Å². The maximum atomic E-state index is 12.2. The Morgan fingerprint density at radius 3 is 2.62 bits per heavy atom. The minimum Gasteiger partial charge on any atom is -0.326 e. The van der Waals surface area contributed by atoms with Crippen LogP contribution in [-0.4, -0.2) is 17.6 Å². The highest BCUT2D eigenvalue weighted by atomic mass is 35.5. The number of carbonyl (C=O) groups excluding carboxylic acids is 3. The molecule has 6 heteroatoms. The molecule has 5 nitrogen and oxygen atoms in total. The summed E-state index contributed by atoms with van der Waals surface area (Å²) >= 11 is 5.88. The van der Waals surface area contributed by atoms with Crippen molar-refractivity contribution in [2.75, 3.05) is 10.6 Å². The number of fused-ring (bicyclic) bond motifs is 1. The number of Topliss-reactive ketones (excluding diaryl/α,β-unsaturated/α-hetero) is 1. The van der Waals surface area contributed by atoms with E-state index in [-0.39, 0.29) is 30.4 Å². The third kappa shape index (κ3) is 3.63. The molecule has 0 bridgehead atoms. The zero-order valence-electron chi connectivity index (χ0n) is 14.6. The van der Waals surface area contributed by atoms with Crippen molar-refractivity contribution in [3.63, 3.8) is 0 Å². The van der Waals surface area contributed by atoms with Crippen molar-refractivity contribution in [2.24, 2.45) is 0 Å². The molecule has 0 saturated carbocycles. The summed E-state index contributed by atoms with van der Waals surface area (Å²) in [5.41, 5.74) is 2.06. The fourth-order valence-electron chi connectivity index (χ4n) is 2.91. The van der Waals surface area contributed by atoms with Crippen LogP contribution in [0.4, 0.5) is 11.4 Å². The summed E-state index contributed by atoms with van der Waals surface area (Å²) in [7, 11) is 0. The van der Waals surface area contributed by atoms with Crippen LogP contribution in [0, 0.1) is 0 Å². The zero-order chi connectivity index (χ0) is 18.9. The van der Waals surface area contributed by atoms with Crippen LogP contribution >= 0.6 is 11.6 Å². The summed E-state index contributed by atoms with van der Waals surface area (Å²) < 4.78 is 0. The molecule has 0 unspecified atom stereocenters. The number of rotatable bonds is 5. The lowest BCUT2D eigenvalue weighted by Gasteiger charge is -2.16. The SMILES string of the molecule is CC1(C)C(=O)Nc2ccc(NC(=O)CCC(=O)c3cccc(Cl)c3)cc21. The quantitative estimate of drug-likeness (QED) is 0.775. The lowest BCUT2D eigenvalue weighted by atomic mass is 9.86. The topological polar surface area (TPSA) is 75.3 Å². The van der Waals surface area contributed by atoms with Crippen LogP contribution in [0.15, 0.2) is 42.5 Å². The minimum absolute atomic E-state index is 0.0666. The number of amides is 2. The van der Waals surface area contributed by atoms with Gasteiger partial charge in [-0.05, 0) is 49.7 Å². The second-order valence-corrected chi connectivity index (χ2v) is 7.26. The molecule has 0 fully saturated rings. The molecule has 0 radical (unpaired) electrons. The van der Waals surface area contributed by atoms with Crippen molar-refractivity contribution in [1.82, 2.24) is 0 Å². The highest BCUT2D eigenvalue weighted by Gasteiger charge is 2.38. The first-order valence-electron chi connectivity index (χ1n) is 8.32. The molecule has 26 heavy (non-hydrogen) atoms. The third-order valence-corrected chi connectivity index (χ3v) is 4.75. The first kappa shape index (κ1) is 18.1. The summed E-state index contributed by atoms with van der Waals surface area (Å²) in [6, 6.07) is 12.0. The van der Waals surface area contributed by atoms with Crippen LogP contribution in [-0.2, 0) is 15.0 Å². The van der Waals surface area contributed by atoms with Crippen LogP contribution in [0.25, 0.3) is 0 Å². The van der Waals surface area contributed by atoms with Gasteiger partial charge in [0.15, 0.2) is 5.78 Å². The molecule has 1 aliphatic heterocycles. The lowest BCUT2D eigenvalue weighted by Crippen LogP contribution is -2.26. The third-order valence-electron chi connectivity index (χ3n) is 4.52. The van der Waals surface area contributed by atoms with Gasteiger partial charge < -0.3 is 10.6 Å². The Balaban J connectivity index is 1.62. The van der Waals surface area contributed by atoms with E-state index in [9.17, 15) is 14.4 Å². The molecule has 0 saturated heterocycles. The Hall–Kier alpha value is -2.66. The average molecular weight is 371 g/mol. The Bertz CT molecular complexity index is 906. The monoisotopic (exact) mass is 370 g/mol. The van der Waals surface area contributed by atoms with Gasteiger partial charge in [-0.15, -0.1) is 0 Å². The van der Waals surface area contributed by atoms with E-state index in [0.29, 0.717) is 16.3 Å². The molecule has 2 aromatic carbocycles. The first-order valence-corrected chi connectivity index (χ1v) is 8.70. The van der Waals surface area contributed by atoms with Crippen molar-refractivity contribution < 1.29 is 14.4 Å². The van der Waals surface area contributed by atoms with Crippen LogP contribution in [0.5, 0.6) is 0 Å². The van der Waals surface area contributed by atoms with Gasteiger partial charge in [-0.2, -0.15) is 0 Å². The van der Waals surface area contributed by atoms with E-state index in [1.54, 1.807) is 42.5 Å². The number of nitrogens with one attached hydrogen (secondary N) is 2. The number of ketones is 1. The Morgan fingerprint density at radius 2 is 1.88 bits per heavy atom. The molecular formula is C20H19ClN2O3. The van der Waals surface area contributed by atoms with Gasteiger partial charge in [0.25, 0.3) is 0 Å². The summed E-state index contributed by atoms with van der Waals surface area (Å²) in [6.45, 7) is 3.67. The zero-order valence-corrected chi connectivity index (χ0v) is 15.3. The van der Waals surface area contributed by atoms with Gasteiger partial charge in [0.1, 0.15) is 0 Å². The molecule has 1 aliphatic rings. The molecule has 2 aromatic rings.